The summed E-state index contributed by atoms with van der Waals surface area (Å²) in [5, 5.41) is 0.530. The molecule has 0 aromatic heterocycles. The number of carbonyl (C=O) groups excluding carboxylic acids is 3. The smallest absolute Gasteiger partial charge is 0.318 e. The summed E-state index contributed by atoms with van der Waals surface area (Å²) in [6, 6.07) is 0. The van der Waals surface area contributed by atoms with Gasteiger partial charge in [0.05, 0.1) is 0 Å². The molecular weight excluding hydrogens is 342 g/mol. The Kier molecular flexibility index (Phi) is 13.1. The number of hydrogen-bond acceptors (Lipinski definition) is 4. The van der Waals surface area contributed by atoms with Gasteiger partial charge in [-0.05, 0) is 6.42 Å². The van der Waals surface area contributed by atoms with Crippen LogP contribution in [0.25, 0.3) is 0 Å². The molecule has 1 aliphatic heterocycles. The van der Waals surface area contributed by atoms with E-state index >= 15 is 0 Å². The third-order valence-electron chi connectivity index (χ3n) is 4.78. The molecule has 0 aliphatic carbocycles. The van der Waals surface area contributed by atoms with Crippen LogP contribution in [0.3, 0.4) is 0 Å². The molecule has 0 saturated carbocycles. The number of amides is 2. The van der Waals surface area contributed by atoms with E-state index in [1.807, 2.05) is 0 Å². The molecule has 5 heteroatoms. The van der Waals surface area contributed by atoms with E-state index in [1.54, 1.807) is 0 Å². The summed E-state index contributed by atoms with van der Waals surface area (Å²) < 4.78 is 0. The molecule has 0 spiro atoms. The van der Waals surface area contributed by atoms with Crippen LogP contribution in [0.4, 0.5) is 0 Å². The van der Waals surface area contributed by atoms with Gasteiger partial charge in [-0.2, -0.15) is 0 Å². The molecule has 1 aliphatic rings. The standard InChI is InChI=1S/C22H35NO4/c1-2-3-4-5-6-7-8-9-10-11-12-13-14-15-16-17-22(26)27-23-20(24)18-19-21(23)25/h2-15,18-19H2,1H3. The lowest BCUT2D eigenvalue weighted by molar-refractivity contribution is -0.193. The Morgan fingerprint density at radius 1 is 0.815 bits per heavy atom. The highest BCUT2D eigenvalue weighted by molar-refractivity contribution is 6.02. The predicted octanol–water partition coefficient (Wildman–Crippen LogP) is 5.08. The highest BCUT2D eigenvalue weighted by Gasteiger charge is 2.32. The summed E-state index contributed by atoms with van der Waals surface area (Å²) in [5.74, 6) is 3.29. The van der Waals surface area contributed by atoms with Gasteiger partial charge in [0, 0.05) is 25.2 Å². The minimum atomic E-state index is -0.840. The average molecular weight is 378 g/mol. The van der Waals surface area contributed by atoms with Crippen LogP contribution in [-0.2, 0) is 19.2 Å². The molecule has 0 N–H and O–H groups in total. The number of imide groups is 1. The van der Waals surface area contributed by atoms with Crippen molar-refractivity contribution >= 4 is 17.8 Å². The van der Waals surface area contributed by atoms with Crippen LogP contribution in [0.1, 0.15) is 110 Å². The molecule has 0 aromatic rings. The van der Waals surface area contributed by atoms with Crippen LogP contribution in [0.15, 0.2) is 0 Å². The van der Waals surface area contributed by atoms with Crippen molar-refractivity contribution in [3.63, 3.8) is 0 Å². The van der Waals surface area contributed by atoms with Gasteiger partial charge >= 0.3 is 5.97 Å². The first-order chi connectivity index (χ1) is 13.1. The SMILES string of the molecule is CCCCCCCCCCCCCCCC#CC(=O)ON1C(=O)CCC1=O. The Labute approximate surface area is 164 Å². The first-order valence-corrected chi connectivity index (χ1v) is 10.7. The van der Waals surface area contributed by atoms with E-state index in [-0.39, 0.29) is 12.8 Å². The number of hydrogen-bond donors (Lipinski definition) is 0. The van der Waals surface area contributed by atoms with Crippen molar-refractivity contribution in [2.24, 2.45) is 0 Å². The minimum absolute atomic E-state index is 0.0957. The van der Waals surface area contributed by atoms with Gasteiger partial charge in [0.15, 0.2) is 0 Å². The molecule has 1 saturated heterocycles. The Morgan fingerprint density at radius 2 is 1.26 bits per heavy atom. The molecular formula is C22H35NO4. The van der Waals surface area contributed by atoms with Crippen molar-refractivity contribution < 1.29 is 19.2 Å². The van der Waals surface area contributed by atoms with Gasteiger partial charge in [0.1, 0.15) is 0 Å². The molecule has 1 rings (SSSR count). The number of carbonyl (C=O) groups is 3. The van der Waals surface area contributed by atoms with E-state index in [2.05, 4.69) is 23.6 Å². The first kappa shape index (κ1) is 23.2. The quantitative estimate of drug-likeness (QED) is 0.241. The Bertz CT molecular complexity index is 502. The van der Waals surface area contributed by atoms with Gasteiger partial charge < -0.3 is 4.84 Å². The molecule has 0 bridgehead atoms. The van der Waals surface area contributed by atoms with Crippen molar-refractivity contribution in [2.75, 3.05) is 0 Å². The van der Waals surface area contributed by atoms with Crippen molar-refractivity contribution in [3.8, 4) is 11.8 Å². The van der Waals surface area contributed by atoms with Gasteiger partial charge in [-0.25, -0.2) is 4.79 Å². The second-order valence-corrected chi connectivity index (χ2v) is 7.26. The number of unbranched alkanes of at least 4 members (excludes halogenated alkanes) is 13. The van der Waals surface area contributed by atoms with Crippen LogP contribution < -0.4 is 0 Å². The first-order valence-electron chi connectivity index (χ1n) is 10.7. The summed E-state index contributed by atoms with van der Waals surface area (Å²) in [4.78, 5) is 38.8. The maximum absolute atomic E-state index is 11.5. The van der Waals surface area contributed by atoms with Gasteiger partial charge in [-0.15, -0.1) is 5.06 Å². The zero-order chi connectivity index (χ0) is 19.7. The Hall–Kier alpha value is -1.83. The van der Waals surface area contributed by atoms with E-state index in [4.69, 9.17) is 0 Å². The fraction of sp³-hybridized carbons (Fsp3) is 0.773. The van der Waals surface area contributed by atoms with Crippen LogP contribution in [0.2, 0.25) is 0 Å². The molecule has 1 fully saturated rings. The number of hydroxylamine groups is 2. The normalized spacial score (nSPS) is 13.6. The molecule has 2 amide bonds. The molecule has 0 aromatic carbocycles. The van der Waals surface area contributed by atoms with Crippen LogP contribution >= 0.6 is 0 Å². The van der Waals surface area contributed by atoms with E-state index < -0.39 is 17.8 Å². The van der Waals surface area contributed by atoms with E-state index in [9.17, 15) is 14.4 Å². The summed E-state index contributed by atoms with van der Waals surface area (Å²) in [5.41, 5.74) is 0. The van der Waals surface area contributed by atoms with Gasteiger partial charge in [0.25, 0.3) is 11.8 Å². The Morgan fingerprint density at radius 3 is 1.74 bits per heavy atom. The van der Waals surface area contributed by atoms with Gasteiger partial charge in [-0.3, -0.25) is 9.59 Å². The molecule has 152 valence electrons. The van der Waals surface area contributed by atoms with Crippen LogP contribution in [-0.4, -0.2) is 22.8 Å². The zero-order valence-electron chi connectivity index (χ0n) is 16.9. The van der Waals surface area contributed by atoms with Gasteiger partial charge in [0.2, 0.25) is 0 Å². The van der Waals surface area contributed by atoms with Crippen molar-refractivity contribution in [1.29, 1.82) is 0 Å². The van der Waals surface area contributed by atoms with E-state index in [0.717, 1.165) is 12.8 Å². The number of nitrogens with zero attached hydrogens (tertiary/aromatic N) is 1. The molecule has 0 unspecified atom stereocenters. The lowest BCUT2D eigenvalue weighted by Crippen LogP contribution is -2.31. The fourth-order valence-electron chi connectivity index (χ4n) is 3.13. The molecule has 0 radical (unpaired) electrons. The molecule has 1 heterocycles. The summed E-state index contributed by atoms with van der Waals surface area (Å²) >= 11 is 0. The topological polar surface area (TPSA) is 63.7 Å². The lowest BCUT2D eigenvalue weighted by atomic mass is 10.0. The Balaban J connectivity index is 1.89. The molecule has 5 nitrogen and oxygen atoms in total. The van der Waals surface area contributed by atoms with E-state index in [1.165, 1.54) is 70.6 Å². The predicted molar refractivity (Wildman–Crippen MR) is 105 cm³/mol. The van der Waals surface area contributed by atoms with Gasteiger partial charge in [-0.1, -0.05) is 89.9 Å². The average Bonchev–Trinajstić information content (AvgIpc) is 2.97. The maximum Gasteiger partial charge on any atom is 0.409 e. The third-order valence-corrected chi connectivity index (χ3v) is 4.78. The lowest BCUT2D eigenvalue weighted by Gasteiger charge is -2.09. The fourth-order valence-corrected chi connectivity index (χ4v) is 3.13. The second-order valence-electron chi connectivity index (χ2n) is 7.26. The summed E-state index contributed by atoms with van der Waals surface area (Å²) in [7, 11) is 0. The monoisotopic (exact) mass is 377 g/mol. The van der Waals surface area contributed by atoms with E-state index in [0.29, 0.717) is 11.5 Å². The van der Waals surface area contributed by atoms with Crippen molar-refractivity contribution in [1.82, 2.24) is 5.06 Å². The number of rotatable bonds is 14. The maximum atomic E-state index is 11.5. The van der Waals surface area contributed by atoms with Crippen LogP contribution in [0, 0.1) is 11.8 Å². The van der Waals surface area contributed by atoms with Crippen molar-refractivity contribution in [2.45, 2.75) is 110 Å². The summed E-state index contributed by atoms with van der Waals surface area (Å²) in [6.07, 6.45) is 17.6. The molecule has 27 heavy (non-hydrogen) atoms. The van der Waals surface area contributed by atoms with Crippen molar-refractivity contribution in [3.05, 3.63) is 0 Å². The van der Waals surface area contributed by atoms with Crippen LogP contribution in [0.5, 0.6) is 0 Å². The molecule has 0 atom stereocenters. The minimum Gasteiger partial charge on any atom is -0.318 e. The highest BCUT2D eigenvalue weighted by Crippen LogP contribution is 2.13. The third kappa shape index (κ3) is 11.5. The largest absolute Gasteiger partial charge is 0.409 e. The highest BCUT2D eigenvalue weighted by atomic mass is 16.7. The second kappa shape index (κ2) is 15.2. The summed E-state index contributed by atoms with van der Waals surface area (Å²) in [6.45, 7) is 2.25. The zero-order valence-corrected chi connectivity index (χ0v) is 16.9.